The van der Waals surface area contributed by atoms with Crippen LogP contribution in [0.3, 0.4) is 0 Å². The molecule has 12 nitrogen and oxygen atoms in total. The Morgan fingerprint density at radius 1 is 0.894 bits per heavy atom. The zero-order valence-corrected chi connectivity index (χ0v) is 28.4. The summed E-state index contributed by atoms with van der Waals surface area (Å²) in [6.45, 7) is 16.1. The Hall–Kier alpha value is -4.22. The fourth-order valence-electron chi connectivity index (χ4n) is 8.73. The summed E-state index contributed by atoms with van der Waals surface area (Å²) < 4.78 is 34.2. The van der Waals surface area contributed by atoms with Crippen LogP contribution in [-0.4, -0.2) is 67.2 Å². The van der Waals surface area contributed by atoms with E-state index in [2.05, 4.69) is 6.58 Å². The Morgan fingerprint density at radius 2 is 1.47 bits per heavy atom. The van der Waals surface area contributed by atoms with Gasteiger partial charge < -0.3 is 28.1 Å². The second-order valence-electron chi connectivity index (χ2n) is 13.7. The minimum absolute atomic E-state index is 0.280. The molecule has 1 aromatic heterocycles. The Labute approximate surface area is 274 Å². The lowest BCUT2D eigenvalue weighted by Crippen LogP contribution is -2.70. The molecule has 0 spiro atoms. The molecule has 1 heterocycles. The van der Waals surface area contributed by atoms with E-state index in [1.165, 1.54) is 21.0 Å². The van der Waals surface area contributed by atoms with Gasteiger partial charge in [0.25, 0.3) is 0 Å². The molecule has 0 unspecified atom stereocenters. The molecule has 3 aliphatic rings. The predicted octanol–water partition coefficient (Wildman–Crippen LogP) is 4.41. The lowest BCUT2D eigenvalue weighted by molar-refractivity contribution is -0.232. The molecule has 12 heteroatoms. The molecule has 1 aromatic rings. The van der Waals surface area contributed by atoms with Crippen LogP contribution in [0.2, 0.25) is 0 Å². The van der Waals surface area contributed by atoms with Crippen LogP contribution in [0.15, 0.2) is 46.8 Å². The number of ketones is 1. The van der Waals surface area contributed by atoms with Crippen molar-refractivity contribution in [1.29, 1.82) is 0 Å². The van der Waals surface area contributed by atoms with Crippen molar-refractivity contribution in [3.8, 4) is 0 Å². The van der Waals surface area contributed by atoms with Crippen molar-refractivity contribution in [2.45, 2.75) is 98.6 Å². The summed E-state index contributed by atoms with van der Waals surface area (Å²) in [7, 11) is 1.21. The number of rotatable bonds is 8. The Morgan fingerprint density at radius 3 is 1.98 bits per heavy atom. The van der Waals surface area contributed by atoms with Gasteiger partial charge in [0.05, 0.1) is 19.6 Å². The first-order valence-corrected chi connectivity index (χ1v) is 15.5. The van der Waals surface area contributed by atoms with Gasteiger partial charge in [-0.05, 0) is 35.1 Å². The summed E-state index contributed by atoms with van der Waals surface area (Å²) in [6, 6.07) is 1.82. The minimum Gasteiger partial charge on any atom is -0.472 e. The van der Waals surface area contributed by atoms with Gasteiger partial charge in [0.2, 0.25) is 0 Å². The van der Waals surface area contributed by atoms with E-state index >= 15 is 0 Å². The Kier molecular flexibility index (Phi) is 9.68. The van der Waals surface area contributed by atoms with E-state index in [0.29, 0.717) is 17.6 Å². The average molecular weight is 657 g/mol. The van der Waals surface area contributed by atoms with Crippen molar-refractivity contribution < 1.29 is 56.9 Å². The number of furan rings is 1. The normalized spacial score (nSPS) is 34.4. The maximum atomic E-state index is 14.2. The van der Waals surface area contributed by atoms with Gasteiger partial charge in [-0.15, -0.1) is 0 Å². The highest BCUT2D eigenvalue weighted by Crippen LogP contribution is 2.67. The van der Waals surface area contributed by atoms with E-state index < -0.39 is 88.1 Å². The first kappa shape index (κ1) is 35.6. The van der Waals surface area contributed by atoms with Crippen LogP contribution in [0.5, 0.6) is 0 Å². The van der Waals surface area contributed by atoms with Crippen LogP contribution in [0.25, 0.3) is 0 Å². The highest BCUT2D eigenvalue weighted by Gasteiger charge is 2.71. The molecule has 9 atom stereocenters. The Balaban J connectivity index is 2.08. The van der Waals surface area contributed by atoms with Crippen molar-refractivity contribution in [3.05, 3.63) is 48.0 Å². The molecule has 0 saturated heterocycles. The highest BCUT2D eigenvalue weighted by molar-refractivity contribution is 5.93. The fourth-order valence-corrected chi connectivity index (χ4v) is 8.73. The number of methoxy groups -OCH3 is 1. The molecule has 3 aliphatic carbocycles. The standard InChI is InChI=1S/C35H44O12/c1-17-23-11-12-24(22-13-14-43-16-22)34(23,8)31(46-20(4)38)28(44-18(2)36)27(17)35(9)25(15-26(40)42-10)33(6,7)30(41)29(45-19(3)37)32(35)47-21(5)39/h11,13-14,16,24-25,27-29,31-32H,1,12,15H2,2-10H3/t24-,25-,27+,28-,29+,31-,32+,34+,35-/m1/s1. The number of esters is 5. The quantitative estimate of drug-likeness (QED) is 0.287. The third kappa shape index (κ3) is 5.91. The van der Waals surface area contributed by atoms with Gasteiger partial charge in [0.15, 0.2) is 18.0 Å². The lowest BCUT2D eigenvalue weighted by atomic mass is 9.44. The second-order valence-corrected chi connectivity index (χ2v) is 13.7. The number of carbonyl (C=O) groups is 6. The van der Waals surface area contributed by atoms with Crippen LogP contribution >= 0.6 is 0 Å². The molecule has 0 radical (unpaired) electrons. The van der Waals surface area contributed by atoms with Gasteiger partial charge in [-0.3, -0.25) is 28.8 Å². The molecule has 0 N–H and O–H groups in total. The van der Waals surface area contributed by atoms with Crippen LogP contribution in [-0.2, 0) is 52.5 Å². The molecule has 0 amide bonds. The Bertz CT molecular complexity index is 1500. The molecule has 4 rings (SSSR count). The van der Waals surface area contributed by atoms with Gasteiger partial charge in [-0.1, -0.05) is 40.3 Å². The van der Waals surface area contributed by atoms with Gasteiger partial charge in [-0.2, -0.15) is 0 Å². The minimum atomic E-state index is -1.59. The third-order valence-corrected chi connectivity index (χ3v) is 10.6. The summed E-state index contributed by atoms with van der Waals surface area (Å²) in [5.74, 6) is -6.41. The van der Waals surface area contributed by atoms with Crippen LogP contribution in [0, 0.1) is 28.1 Å². The predicted molar refractivity (Wildman–Crippen MR) is 164 cm³/mol. The summed E-state index contributed by atoms with van der Waals surface area (Å²) in [6.07, 6.45) is -0.137. The van der Waals surface area contributed by atoms with Crippen LogP contribution < -0.4 is 0 Å². The largest absolute Gasteiger partial charge is 0.472 e. The topological polar surface area (TPSA) is 162 Å². The van der Waals surface area contributed by atoms with E-state index in [1.807, 2.05) is 19.1 Å². The maximum Gasteiger partial charge on any atom is 0.305 e. The lowest BCUT2D eigenvalue weighted by Gasteiger charge is -2.62. The average Bonchev–Trinajstić information content (AvgIpc) is 3.61. The third-order valence-electron chi connectivity index (χ3n) is 10.6. The molecular formula is C35H44O12. The second kappa shape index (κ2) is 12.8. The number of carbonyl (C=O) groups excluding carboxylic acids is 6. The zero-order valence-electron chi connectivity index (χ0n) is 28.4. The van der Waals surface area contributed by atoms with Gasteiger partial charge in [-0.25, -0.2) is 0 Å². The van der Waals surface area contributed by atoms with E-state index in [9.17, 15) is 28.8 Å². The van der Waals surface area contributed by atoms with E-state index in [4.69, 9.17) is 28.1 Å². The van der Waals surface area contributed by atoms with Crippen molar-refractivity contribution in [1.82, 2.24) is 0 Å². The molecule has 2 fully saturated rings. The molecule has 0 aliphatic heterocycles. The number of hydrogen-bond acceptors (Lipinski definition) is 12. The molecule has 0 bridgehead atoms. The molecular weight excluding hydrogens is 612 g/mol. The summed E-state index contributed by atoms with van der Waals surface area (Å²) in [4.78, 5) is 78.2. The van der Waals surface area contributed by atoms with Crippen molar-refractivity contribution in [3.63, 3.8) is 0 Å². The highest BCUT2D eigenvalue weighted by atomic mass is 16.6. The van der Waals surface area contributed by atoms with Crippen LogP contribution in [0.1, 0.15) is 79.7 Å². The zero-order chi connectivity index (χ0) is 35.2. The van der Waals surface area contributed by atoms with Crippen LogP contribution in [0.4, 0.5) is 0 Å². The number of allylic oxidation sites excluding steroid dienone is 1. The monoisotopic (exact) mass is 656 g/mol. The molecule has 0 aromatic carbocycles. The van der Waals surface area contributed by atoms with Crippen molar-refractivity contribution in [2.24, 2.45) is 28.1 Å². The summed E-state index contributed by atoms with van der Waals surface area (Å²) >= 11 is 0. The number of fused-ring (bicyclic) bond motifs is 1. The molecule has 2 saturated carbocycles. The first-order valence-electron chi connectivity index (χ1n) is 15.5. The van der Waals surface area contributed by atoms with Crippen molar-refractivity contribution >= 4 is 35.6 Å². The summed E-state index contributed by atoms with van der Waals surface area (Å²) in [5.41, 5.74) is -1.89. The SMILES string of the molecule is C=C1C2=CC[C@H](c3ccoc3)[C@@]2(C)[C@H](OC(C)=O)[C@H](OC(C)=O)[C@H]1[C@@]1(C)[C@H](CC(=O)OC)C(C)(C)C(=O)[C@H](OC(C)=O)[C@@H]1OC(C)=O. The molecule has 47 heavy (non-hydrogen) atoms. The van der Waals surface area contributed by atoms with Crippen molar-refractivity contribution in [2.75, 3.05) is 7.11 Å². The fraction of sp³-hybridized carbons (Fsp3) is 0.600. The van der Waals surface area contributed by atoms with E-state index in [-0.39, 0.29) is 12.3 Å². The van der Waals surface area contributed by atoms with Gasteiger partial charge in [0.1, 0.15) is 12.2 Å². The molecule has 256 valence electrons. The summed E-state index contributed by atoms with van der Waals surface area (Å²) in [5, 5.41) is 0. The van der Waals surface area contributed by atoms with E-state index in [0.717, 1.165) is 19.4 Å². The number of hydrogen-bond donors (Lipinski definition) is 0. The smallest absolute Gasteiger partial charge is 0.305 e. The van der Waals surface area contributed by atoms with Gasteiger partial charge >= 0.3 is 29.8 Å². The van der Waals surface area contributed by atoms with E-state index in [1.54, 1.807) is 33.3 Å². The first-order chi connectivity index (χ1) is 21.8. The number of Topliss-reactive ketones (excluding diaryl/α,β-unsaturated/α-hetero) is 1. The maximum absolute atomic E-state index is 14.2. The number of ether oxygens (including phenoxy) is 5. The van der Waals surface area contributed by atoms with Gasteiger partial charge in [0, 0.05) is 62.2 Å².